The van der Waals surface area contributed by atoms with Gasteiger partial charge in [-0.15, -0.1) is 5.10 Å². The molecule has 0 spiro atoms. The molecule has 0 unspecified atom stereocenters. The van der Waals surface area contributed by atoms with Crippen molar-refractivity contribution in [2.24, 2.45) is 0 Å². The molecule has 0 amide bonds. The normalized spacial score (nSPS) is 10.5. The summed E-state index contributed by atoms with van der Waals surface area (Å²) in [5, 5.41) is 4.26. The zero-order chi connectivity index (χ0) is 10.1. The molecule has 2 heterocycles. The van der Waals surface area contributed by atoms with Gasteiger partial charge in [0.15, 0.2) is 0 Å². The minimum atomic E-state index is 0.141. The van der Waals surface area contributed by atoms with Crippen molar-refractivity contribution in [2.75, 3.05) is 0 Å². The monoisotopic (exact) mass is 210 g/mol. The van der Waals surface area contributed by atoms with E-state index in [0.29, 0.717) is 17.6 Å². The van der Waals surface area contributed by atoms with Crippen LogP contribution in [0.3, 0.4) is 0 Å². The number of hydrogen-bond acceptors (Lipinski definition) is 5. The Balaban J connectivity index is 2.54. The van der Waals surface area contributed by atoms with Crippen LogP contribution in [0.2, 0.25) is 5.28 Å². The average molecular weight is 211 g/mol. The molecule has 0 aliphatic carbocycles. The molecule has 0 bridgehead atoms. The quantitative estimate of drug-likeness (QED) is 0.694. The molecule has 0 radical (unpaired) electrons. The molecule has 0 aliphatic rings. The lowest BCUT2D eigenvalue weighted by molar-refractivity contribution is 0.761. The van der Waals surface area contributed by atoms with Crippen molar-refractivity contribution in [2.45, 2.75) is 13.8 Å². The van der Waals surface area contributed by atoms with E-state index in [1.807, 2.05) is 6.92 Å². The van der Waals surface area contributed by atoms with Crippen LogP contribution in [0.1, 0.15) is 11.6 Å². The minimum absolute atomic E-state index is 0.141. The Morgan fingerprint density at radius 3 is 2.57 bits per heavy atom. The van der Waals surface area contributed by atoms with E-state index in [-0.39, 0.29) is 5.28 Å². The Kier molecular flexibility index (Phi) is 2.12. The van der Waals surface area contributed by atoms with Crippen LogP contribution in [0.15, 0.2) is 6.33 Å². The van der Waals surface area contributed by atoms with Crippen molar-refractivity contribution < 1.29 is 0 Å². The van der Waals surface area contributed by atoms with Gasteiger partial charge in [-0.05, 0) is 25.4 Å². The summed E-state index contributed by atoms with van der Waals surface area (Å²) in [6.45, 7) is 3.62. The highest BCUT2D eigenvalue weighted by Crippen LogP contribution is 2.05. The summed E-state index contributed by atoms with van der Waals surface area (Å²) in [5.74, 6) is 1.76. The molecule has 0 fully saturated rings. The first-order chi connectivity index (χ1) is 6.66. The summed E-state index contributed by atoms with van der Waals surface area (Å²) in [5.41, 5.74) is 0. The van der Waals surface area contributed by atoms with E-state index in [1.165, 1.54) is 11.0 Å². The smallest absolute Gasteiger partial charge is 0.217 e. The zero-order valence-corrected chi connectivity index (χ0v) is 8.39. The molecule has 2 aromatic rings. The standard InChI is InChI=1S/C7H7ClN6/c1-4-11-5(2)14(13-4)7-10-3-9-6(8)12-7/h3H,1-2H3. The Bertz CT molecular complexity index is 465. The summed E-state index contributed by atoms with van der Waals surface area (Å²) in [6, 6.07) is 0. The van der Waals surface area contributed by atoms with Crippen molar-refractivity contribution in [3.63, 3.8) is 0 Å². The van der Waals surface area contributed by atoms with E-state index >= 15 is 0 Å². The average Bonchev–Trinajstić information content (AvgIpc) is 2.45. The first-order valence-corrected chi connectivity index (χ1v) is 4.30. The van der Waals surface area contributed by atoms with Crippen molar-refractivity contribution >= 4 is 11.6 Å². The molecule has 0 atom stereocenters. The van der Waals surface area contributed by atoms with Gasteiger partial charge in [-0.3, -0.25) is 0 Å². The van der Waals surface area contributed by atoms with Crippen LogP contribution in [0.4, 0.5) is 0 Å². The Morgan fingerprint density at radius 2 is 2.00 bits per heavy atom. The SMILES string of the molecule is Cc1nc(C)n(-c2ncnc(Cl)n2)n1. The third kappa shape index (κ3) is 1.56. The van der Waals surface area contributed by atoms with Crippen LogP contribution in [0.5, 0.6) is 0 Å². The van der Waals surface area contributed by atoms with Crippen LogP contribution < -0.4 is 0 Å². The van der Waals surface area contributed by atoms with E-state index in [1.54, 1.807) is 6.92 Å². The predicted molar refractivity (Wildman–Crippen MR) is 49.2 cm³/mol. The van der Waals surface area contributed by atoms with Gasteiger partial charge in [-0.1, -0.05) is 0 Å². The second-order valence-electron chi connectivity index (χ2n) is 2.67. The van der Waals surface area contributed by atoms with Gasteiger partial charge >= 0.3 is 0 Å². The predicted octanol–water partition coefficient (Wildman–Crippen LogP) is 0.723. The number of rotatable bonds is 1. The Morgan fingerprint density at radius 1 is 1.21 bits per heavy atom. The van der Waals surface area contributed by atoms with Gasteiger partial charge in [0, 0.05) is 0 Å². The Labute approximate surface area is 85.0 Å². The zero-order valence-electron chi connectivity index (χ0n) is 7.64. The summed E-state index contributed by atoms with van der Waals surface area (Å²) in [7, 11) is 0. The lowest BCUT2D eigenvalue weighted by Gasteiger charge is -1.98. The maximum atomic E-state index is 5.63. The lowest BCUT2D eigenvalue weighted by Crippen LogP contribution is -2.05. The van der Waals surface area contributed by atoms with Gasteiger partial charge in [0.2, 0.25) is 5.28 Å². The molecule has 0 aliphatic heterocycles. The fourth-order valence-electron chi connectivity index (χ4n) is 1.08. The molecule has 0 N–H and O–H groups in total. The Hall–Kier alpha value is -1.56. The first-order valence-electron chi connectivity index (χ1n) is 3.92. The lowest BCUT2D eigenvalue weighted by atomic mass is 10.7. The highest BCUT2D eigenvalue weighted by molar-refractivity contribution is 6.28. The van der Waals surface area contributed by atoms with Crippen LogP contribution in [0.25, 0.3) is 5.95 Å². The van der Waals surface area contributed by atoms with Crippen LogP contribution in [-0.4, -0.2) is 29.7 Å². The molecule has 14 heavy (non-hydrogen) atoms. The second kappa shape index (κ2) is 3.30. The van der Waals surface area contributed by atoms with E-state index in [0.717, 1.165) is 0 Å². The summed E-state index contributed by atoms with van der Waals surface area (Å²) < 4.78 is 1.52. The molecule has 72 valence electrons. The highest BCUT2D eigenvalue weighted by Gasteiger charge is 2.07. The number of aryl methyl sites for hydroxylation is 2. The first kappa shape index (κ1) is 9.01. The summed E-state index contributed by atoms with van der Waals surface area (Å²) in [4.78, 5) is 15.7. The molecule has 6 nitrogen and oxygen atoms in total. The highest BCUT2D eigenvalue weighted by atomic mass is 35.5. The third-order valence-corrected chi connectivity index (χ3v) is 1.78. The topological polar surface area (TPSA) is 69.4 Å². The third-order valence-electron chi connectivity index (χ3n) is 1.59. The van der Waals surface area contributed by atoms with E-state index in [9.17, 15) is 0 Å². The largest absolute Gasteiger partial charge is 0.256 e. The number of nitrogens with zero attached hydrogens (tertiary/aromatic N) is 6. The van der Waals surface area contributed by atoms with Crippen LogP contribution in [-0.2, 0) is 0 Å². The van der Waals surface area contributed by atoms with Crippen molar-refractivity contribution in [3.05, 3.63) is 23.3 Å². The van der Waals surface area contributed by atoms with Gasteiger partial charge < -0.3 is 0 Å². The molecular weight excluding hydrogens is 204 g/mol. The maximum absolute atomic E-state index is 5.63. The van der Waals surface area contributed by atoms with E-state index in [4.69, 9.17) is 11.6 Å². The van der Waals surface area contributed by atoms with Crippen molar-refractivity contribution in [1.82, 2.24) is 29.7 Å². The van der Waals surface area contributed by atoms with E-state index < -0.39 is 0 Å². The molecule has 2 aromatic heterocycles. The molecule has 7 heteroatoms. The molecule has 0 aromatic carbocycles. The van der Waals surface area contributed by atoms with Crippen molar-refractivity contribution in [3.8, 4) is 5.95 Å². The van der Waals surface area contributed by atoms with E-state index in [2.05, 4.69) is 25.0 Å². The van der Waals surface area contributed by atoms with Crippen LogP contribution >= 0.6 is 11.6 Å². The maximum Gasteiger partial charge on any atom is 0.256 e. The summed E-state index contributed by atoms with van der Waals surface area (Å²) in [6.07, 6.45) is 1.33. The fourth-order valence-corrected chi connectivity index (χ4v) is 1.20. The number of halogens is 1. The van der Waals surface area contributed by atoms with Crippen LogP contribution in [0, 0.1) is 13.8 Å². The molecule has 2 rings (SSSR count). The number of hydrogen-bond donors (Lipinski definition) is 0. The molecule has 0 saturated carbocycles. The van der Waals surface area contributed by atoms with Gasteiger partial charge in [-0.25, -0.2) is 9.97 Å². The second-order valence-corrected chi connectivity index (χ2v) is 3.01. The fraction of sp³-hybridized carbons (Fsp3) is 0.286. The van der Waals surface area contributed by atoms with Crippen molar-refractivity contribution in [1.29, 1.82) is 0 Å². The minimum Gasteiger partial charge on any atom is -0.217 e. The van der Waals surface area contributed by atoms with Gasteiger partial charge in [0.1, 0.15) is 18.0 Å². The number of aromatic nitrogens is 6. The summed E-state index contributed by atoms with van der Waals surface area (Å²) >= 11 is 5.63. The molecule has 0 saturated heterocycles. The molecular formula is C7H7ClN6. The van der Waals surface area contributed by atoms with Gasteiger partial charge in [-0.2, -0.15) is 14.6 Å². The van der Waals surface area contributed by atoms with Gasteiger partial charge in [0.05, 0.1) is 0 Å². The van der Waals surface area contributed by atoms with Gasteiger partial charge in [0.25, 0.3) is 5.95 Å².